The summed E-state index contributed by atoms with van der Waals surface area (Å²) in [7, 11) is 2.03. The molecule has 0 N–H and O–H groups in total. The molecule has 0 fully saturated rings. The normalized spacial score (nSPS) is 11.6. The van der Waals surface area contributed by atoms with Crippen LogP contribution in [0, 0.1) is 35.8 Å². The van der Waals surface area contributed by atoms with Crippen LogP contribution in [0.15, 0.2) is 47.8 Å². The van der Waals surface area contributed by atoms with E-state index < -0.39 is 0 Å². The van der Waals surface area contributed by atoms with Crippen LogP contribution in [0.4, 0.5) is 0 Å². The third-order valence-corrected chi connectivity index (χ3v) is 7.86. The molecule has 146 valence electrons. The smallest absolute Gasteiger partial charge is 0.263 e. The van der Waals surface area contributed by atoms with E-state index in [0.29, 0.717) is 0 Å². The zero-order chi connectivity index (χ0) is 22.0. The van der Waals surface area contributed by atoms with Crippen molar-refractivity contribution in [2.45, 2.75) is 0 Å². The van der Waals surface area contributed by atoms with Gasteiger partial charge in [0.15, 0.2) is 0 Å². The highest BCUT2D eigenvalue weighted by atomic mass is 32.1. The van der Waals surface area contributed by atoms with Crippen LogP contribution in [0.5, 0.6) is 0 Å². The molecular formula is C23H11N5S3. The first-order valence-electron chi connectivity index (χ1n) is 8.84. The number of aromatic nitrogens is 1. The van der Waals surface area contributed by atoms with Crippen molar-refractivity contribution in [1.82, 2.24) is 4.57 Å². The molecule has 4 heterocycles. The first kappa shape index (κ1) is 20.4. The summed E-state index contributed by atoms with van der Waals surface area (Å²) in [6, 6.07) is 16.0. The topological polar surface area (TPSA) is 61.2 Å². The fourth-order valence-corrected chi connectivity index (χ4v) is 6.20. The Morgan fingerprint density at radius 1 is 0.871 bits per heavy atom. The van der Waals surface area contributed by atoms with Crippen molar-refractivity contribution in [2.24, 2.45) is 7.05 Å². The van der Waals surface area contributed by atoms with Crippen LogP contribution in [0.3, 0.4) is 0 Å². The molecule has 4 aromatic rings. The van der Waals surface area contributed by atoms with Gasteiger partial charge < -0.3 is 4.57 Å². The minimum absolute atomic E-state index is 0.0781. The highest BCUT2D eigenvalue weighted by Crippen LogP contribution is 2.41. The second-order valence-corrected chi connectivity index (χ2v) is 9.67. The van der Waals surface area contributed by atoms with Crippen molar-refractivity contribution in [3.8, 4) is 32.5 Å². The van der Waals surface area contributed by atoms with Crippen molar-refractivity contribution in [3.05, 3.63) is 80.4 Å². The third kappa shape index (κ3) is 3.92. The molecule has 0 bridgehead atoms. The third-order valence-electron chi connectivity index (χ3n) is 4.51. The summed E-state index contributed by atoms with van der Waals surface area (Å²) in [5, 5.41) is 17.9. The fraction of sp³-hybridized carbons (Fsp3) is 0.0435. The number of hydrogen-bond donors (Lipinski definition) is 0. The highest BCUT2D eigenvalue weighted by Gasteiger charge is 2.15. The van der Waals surface area contributed by atoms with Gasteiger partial charge in [-0.25, -0.2) is 20.2 Å². The number of nitrogens with zero attached hydrogens (tertiary/aromatic N) is 5. The maximum absolute atomic E-state index is 8.95. The molecule has 4 aromatic heterocycles. The minimum atomic E-state index is 0.0781. The molecule has 0 spiro atoms. The van der Waals surface area contributed by atoms with Gasteiger partial charge in [0.1, 0.15) is 0 Å². The van der Waals surface area contributed by atoms with Crippen molar-refractivity contribution in [2.75, 3.05) is 0 Å². The molecule has 0 atom stereocenters. The van der Waals surface area contributed by atoms with Crippen molar-refractivity contribution < 1.29 is 0 Å². The Kier molecular flexibility index (Phi) is 5.54. The monoisotopic (exact) mass is 453 g/mol. The summed E-state index contributed by atoms with van der Waals surface area (Å²) in [6.45, 7) is 14.0. The van der Waals surface area contributed by atoms with Gasteiger partial charge in [-0.2, -0.15) is 0 Å². The molecule has 0 radical (unpaired) electrons. The summed E-state index contributed by atoms with van der Waals surface area (Å²) in [5.74, 6) is 0. The van der Waals surface area contributed by atoms with E-state index in [1.807, 2.05) is 43.5 Å². The summed E-state index contributed by atoms with van der Waals surface area (Å²) < 4.78 is 3.32. The number of rotatable bonds is 4. The van der Waals surface area contributed by atoms with Crippen LogP contribution < -0.4 is 0 Å². The molecule has 4 rings (SSSR count). The van der Waals surface area contributed by atoms with Crippen LogP contribution in [0.2, 0.25) is 0 Å². The quantitative estimate of drug-likeness (QED) is 0.241. The number of aryl methyl sites for hydroxylation is 1. The SMILES string of the molecule is [C-]#[N+]/C(C#N)=C\c1ccc(-c2cc3sc(-c4ccc(/C=C(\C#N)[N+]#[C-])s4)cc3n2C)s1. The average molecular weight is 454 g/mol. The highest BCUT2D eigenvalue weighted by molar-refractivity contribution is 7.26. The van der Waals surface area contributed by atoms with E-state index >= 15 is 0 Å². The molecule has 0 unspecified atom stereocenters. The molecule has 0 aliphatic carbocycles. The van der Waals surface area contributed by atoms with Gasteiger partial charge in [-0.3, -0.25) is 0 Å². The molecule has 0 saturated carbocycles. The average Bonchev–Trinajstić information content (AvgIpc) is 3.55. The van der Waals surface area contributed by atoms with Crippen molar-refractivity contribution in [3.63, 3.8) is 0 Å². The number of nitriles is 2. The van der Waals surface area contributed by atoms with Crippen LogP contribution in [0.25, 0.3) is 52.4 Å². The molecule has 0 aliphatic heterocycles. The lowest BCUT2D eigenvalue weighted by Gasteiger charge is -2.00. The summed E-state index contributed by atoms with van der Waals surface area (Å²) >= 11 is 4.81. The Hall–Kier alpha value is -3.92. The Morgan fingerprint density at radius 2 is 1.45 bits per heavy atom. The molecule has 0 amide bonds. The van der Waals surface area contributed by atoms with Gasteiger partial charge in [0, 0.05) is 26.6 Å². The van der Waals surface area contributed by atoms with E-state index in [9.17, 15) is 0 Å². The van der Waals surface area contributed by atoms with Gasteiger partial charge in [0.25, 0.3) is 11.4 Å². The van der Waals surface area contributed by atoms with E-state index in [-0.39, 0.29) is 11.4 Å². The summed E-state index contributed by atoms with van der Waals surface area (Å²) in [6.07, 6.45) is 3.22. The van der Waals surface area contributed by atoms with Crippen LogP contribution in [-0.2, 0) is 7.05 Å². The Labute approximate surface area is 190 Å². The zero-order valence-electron chi connectivity index (χ0n) is 16.1. The number of thiophene rings is 3. The Balaban J connectivity index is 1.66. The zero-order valence-corrected chi connectivity index (χ0v) is 18.5. The van der Waals surface area contributed by atoms with E-state index in [1.165, 1.54) is 4.70 Å². The lowest BCUT2D eigenvalue weighted by molar-refractivity contribution is 0.982. The first-order chi connectivity index (χ1) is 15.1. The van der Waals surface area contributed by atoms with E-state index in [4.69, 9.17) is 23.7 Å². The molecule has 0 saturated heterocycles. The Bertz CT molecular complexity index is 1510. The second kappa shape index (κ2) is 8.44. The number of allylic oxidation sites excluding steroid dienone is 2. The summed E-state index contributed by atoms with van der Waals surface area (Å²) in [4.78, 5) is 11.5. The maximum Gasteiger partial charge on any atom is 0.263 e. The van der Waals surface area contributed by atoms with Gasteiger partial charge in [-0.05, 0) is 48.6 Å². The lowest BCUT2D eigenvalue weighted by Crippen LogP contribution is -1.88. The first-order valence-corrected chi connectivity index (χ1v) is 11.3. The van der Waals surface area contributed by atoms with E-state index in [2.05, 4.69) is 26.4 Å². The van der Waals surface area contributed by atoms with Crippen molar-refractivity contribution in [1.29, 1.82) is 10.5 Å². The maximum atomic E-state index is 8.95. The van der Waals surface area contributed by atoms with Crippen molar-refractivity contribution >= 4 is 56.4 Å². The largest absolute Gasteiger partial charge is 0.342 e. The molecule has 0 aliphatic rings. The van der Waals surface area contributed by atoms with Crippen LogP contribution in [-0.4, -0.2) is 4.57 Å². The standard InChI is InChI=1S/C23H11N5S3/c1-26-14(12-24)8-16-4-6-20(29-16)18-10-22-19(28(18)3)11-23(31-22)21-7-5-17(30-21)9-15(13-25)27-2/h4-11H,3H3/b14-8-,15-9+. The molecule has 5 nitrogen and oxygen atoms in total. The fourth-order valence-electron chi connectivity index (χ4n) is 3.05. The predicted octanol–water partition coefficient (Wildman–Crippen LogP) is 7.26. The minimum Gasteiger partial charge on any atom is -0.342 e. The molecule has 8 heteroatoms. The Morgan fingerprint density at radius 3 is 2.00 bits per heavy atom. The number of hydrogen-bond acceptors (Lipinski definition) is 5. The van der Waals surface area contributed by atoms with Crippen LogP contribution in [0.1, 0.15) is 9.75 Å². The van der Waals surface area contributed by atoms with Gasteiger partial charge in [0.2, 0.25) is 0 Å². The molecular weight excluding hydrogens is 442 g/mol. The second-order valence-electron chi connectivity index (χ2n) is 6.36. The lowest BCUT2D eigenvalue weighted by atomic mass is 10.3. The molecule has 0 aromatic carbocycles. The van der Waals surface area contributed by atoms with Gasteiger partial charge in [-0.15, -0.1) is 34.0 Å². The summed E-state index contributed by atoms with van der Waals surface area (Å²) in [5.41, 5.74) is 2.38. The van der Waals surface area contributed by atoms with Gasteiger partial charge in [0.05, 0.1) is 46.1 Å². The van der Waals surface area contributed by atoms with E-state index in [0.717, 1.165) is 35.6 Å². The van der Waals surface area contributed by atoms with Crippen LogP contribution >= 0.6 is 34.0 Å². The van der Waals surface area contributed by atoms with Gasteiger partial charge in [-0.1, -0.05) is 0 Å². The van der Waals surface area contributed by atoms with Gasteiger partial charge >= 0.3 is 0 Å². The number of fused-ring (bicyclic) bond motifs is 1. The molecule has 31 heavy (non-hydrogen) atoms. The predicted molar refractivity (Wildman–Crippen MR) is 128 cm³/mol. The van der Waals surface area contributed by atoms with E-state index in [1.54, 1.807) is 46.2 Å².